The van der Waals surface area contributed by atoms with Gasteiger partial charge in [0.25, 0.3) is 0 Å². The molecule has 2 aromatic carbocycles. The van der Waals surface area contributed by atoms with Gasteiger partial charge in [-0.3, -0.25) is 4.98 Å². The monoisotopic (exact) mass is 439 g/mol. The molecule has 0 aliphatic carbocycles. The molecule has 0 bridgehead atoms. The molecule has 30 heavy (non-hydrogen) atoms. The van der Waals surface area contributed by atoms with Crippen molar-refractivity contribution in [1.29, 1.82) is 0 Å². The molecule has 0 spiro atoms. The molecule has 0 saturated carbocycles. The van der Waals surface area contributed by atoms with Gasteiger partial charge in [-0.1, -0.05) is 41.4 Å². The van der Waals surface area contributed by atoms with Gasteiger partial charge in [-0.15, -0.1) is 5.10 Å². The second kappa shape index (κ2) is 8.26. The molecule has 0 atom stereocenters. The third-order valence-electron chi connectivity index (χ3n) is 4.77. The second-order valence-electron chi connectivity index (χ2n) is 6.52. The van der Waals surface area contributed by atoms with E-state index in [0.29, 0.717) is 50.1 Å². The summed E-state index contributed by atoms with van der Waals surface area (Å²) in [5.41, 5.74) is 2.42. The Morgan fingerprint density at radius 1 is 1.03 bits per heavy atom. The summed E-state index contributed by atoms with van der Waals surface area (Å²) in [6, 6.07) is 12.2. The molecule has 1 N–H and O–H groups in total. The van der Waals surface area contributed by atoms with Crippen LogP contribution in [0.2, 0.25) is 10.0 Å². The fourth-order valence-electron chi connectivity index (χ4n) is 3.30. The normalized spacial score (nSPS) is 10.9. The molecule has 0 amide bonds. The van der Waals surface area contributed by atoms with Gasteiger partial charge in [0.2, 0.25) is 0 Å². The van der Waals surface area contributed by atoms with E-state index in [1.165, 1.54) is 18.5 Å². The number of carbonyl (C=O) groups is 1. The molecule has 0 aliphatic heterocycles. The lowest BCUT2D eigenvalue weighted by Gasteiger charge is -2.13. The van der Waals surface area contributed by atoms with Crippen LogP contribution < -0.4 is 4.74 Å². The molecule has 2 heterocycles. The summed E-state index contributed by atoms with van der Waals surface area (Å²) in [5.74, 6) is -0.418. The number of carboxylic acid groups (broad SMARTS) is 1. The summed E-state index contributed by atoms with van der Waals surface area (Å²) in [5, 5.41) is 20.8. The van der Waals surface area contributed by atoms with Crippen molar-refractivity contribution in [1.82, 2.24) is 15.2 Å². The van der Waals surface area contributed by atoms with Crippen LogP contribution in [0.15, 0.2) is 54.9 Å². The highest BCUT2D eigenvalue weighted by Crippen LogP contribution is 2.34. The minimum atomic E-state index is -1.04. The van der Waals surface area contributed by atoms with Crippen molar-refractivity contribution in [2.45, 2.75) is 6.42 Å². The van der Waals surface area contributed by atoms with Gasteiger partial charge in [-0.2, -0.15) is 5.10 Å². The number of aromatic nitrogens is 3. The number of methoxy groups -OCH3 is 1. The minimum absolute atomic E-state index is 0.142. The fraction of sp³-hybridized carbons (Fsp3) is 0.0909. The maximum absolute atomic E-state index is 11.7. The van der Waals surface area contributed by atoms with Crippen molar-refractivity contribution in [2.75, 3.05) is 7.11 Å². The third-order valence-corrected chi connectivity index (χ3v) is 5.42. The molecule has 6 nitrogen and oxygen atoms in total. The quantitative estimate of drug-likeness (QED) is 0.454. The van der Waals surface area contributed by atoms with Gasteiger partial charge in [0.1, 0.15) is 11.4 Å². The molecule has 0 radical (unpaired) electrons. The summed E-state index contributed by atoms with van der Waals surface area (Å²) < 4.78 is 5.37. The van der Waals surface area contributed by atoms with Gasteiger partial charge in [0, 0.05) is 35.2 Å². The Bertz CT molecular complexity index is 1260. The predicted molar refractivity (Wildman–Crippen MR) is 116 cm³/mol. The largest absolute Gasteiger partial charge is 0.497 e. The van der Waals surface area contributed by atoms with Crippen LogP contribution in [0, 0.1) is 0 Å². The predicted octanol–water partition coefficient (Wildman–Crippen LogP) is 5.30. The molecule has 2 aromatic heterocycles. The lowest BCUT2D eigenvalue weighted by atomic mass is 9.97. The maximum Gasteiger partial charge on any atom is 0.336 e. The van der Waals surface area contributed by atoms with Crippen molar-refractivity contribution >= 4 is 39.9 Å². The van der Waals surface area contributed by atoms with Gasteiger partial charge >= 0.3 is 5.97 Å². The van der Waals surface area contributed by atoms with Gasteiger partial charge in [-0.05, 0) is 29.8 Å². The molecule has 8 heteroatoms. The first-order valence-electron chi connectivity index (χ1n) is 8.93. The number of hydrogen-bond donors (Lipinski definition) is 1. The van der Waals surface area contributed by atoms with Crippen LogP contribution in [0.5, 0.6) is 5.75 Å². The first kappa shape index (κ1) is 20.1. The summed E-state index contributed by atoms with van der Waals surface area (Å²) in [7, 11) is 1.57. The Morgan fingerprint density at radius 2 is 1.77 bits per heavy atom. The van der Waals surface area contributed by atoms with E-state index in [0.717, 1.165) is 5.39 Å². The first-order valence-corrected chi connectivity index (χ1v) is 9.69. The Labute approximate surface area is 182 Å². The zero-order chi connectivity index (χ0) is 21.3. The SMILES string of the molecule is COc1ccc2c(Cc3c(Cl)cncc3Cl)nnc(-c3ccccc3C(=O)O)c2c1. The number of fused-ring (bicyclic) bond motifs is 1. The topological polar surface area (TPSA) is 85.2 Å². The van der Waals surface area contributed by atoms with Crippen LogP contribution in [-0.4, -0.2) is 33.4 Å². The molecule has 0 unspecified atom stereocenters. The number of aromatic carboxylic acids is 1. The number of pyridine rings is 1. The Morgan fingerprint density at radius 3 is 2.47 bits per heavy atom. The molecule has 150 valence electrons. The van der Waals surface area contributed by atoms with E-state index >= 15 is 0 Å². The number of nitrogens with zero attached hydrogens (tertiary/aromatic N) is 3. The summed E-state index contributed by atoms with van der Waals surface area (Å²) in [6.07, 6.45) is 3.40. The van der Waals surface area contributed by atoms with Gasteiger partial charge in [0.15, 0.2) is 0 Å². The first-order chi connectivity index (χ1) is 14.5. The van der Waals surface area contributed by atoms with Crippen molar-refractivity contribution in [3.05, 3.63) is 81.7 Å². The van der Waals surface area contributed by atoms with Crippen LogP contribution in [0.1, 0.15) is 21.6 Å². The van der Waals surface area contributed by atoms with Gasteiger partial charge in [0.05, 0.1) is 28.4 Å². The zero-order valence-electron chi connectivity index (χ0n) is 15.8. The van der Waals surface area contributed by atoms with Crippen LogP contribution in [0.4, 0.5) is 0 Å². The van der Waals surface area contributed by atoms with Crippen molar-refractivity contribution < 1.29 is 14.6 Å². The van der Waals surface area contributed by atoms with Crippen LogP contribution in [-0.2, 0) is 6.42 Å². The number of rotatable bonds is 5. The lowest BCUT2D eigenvalue weighted by molar-refractivity contribution is 0.0697. The maximum atomic E-state index is 11.7. The van der Waals surface area contributed by atoms with Crippen LogP contribution >= 0.6 is 23.2 Å². The van der Waals surface area contributed by atoms with E-state index in [4.69, 9.17) is 27.9 Å². The number of carboxylic acids is 1. The molecule has 4 rings (SSSR count). The van der Waals surface area contributed by atoms with E-state index < -0.39 is 5.97 Å². The standard InChI is InChI=1S/C22H15Cl2N3O3/c1-30-12-6-7-13-16(8-12)21(14-4-2-3-5-15(14)22(28)29)27-26-20(13)9-17-18(23)10-25-11-19(17)24/h2-8,10-11H,9H2,1H3,(H,28,29). The highest BCUT2D eigenvalue weighted by molar-refractivity contribution is 6.35. The van der Waals surface area contributed by atoms with Crippen molar-refractivity contribution in [3.8, 4) is 17.0 Å². The smallest absolute Gasteiger partial charge is 0.336 e. The molecule has 0 saturated heterocycles. The fourth-order valence-corrected chi connectivity index (χ4v) is 3.79. The molecular formula is C22H15Cl2N3O3. The summed E-state index contributed by atoms with van der Waals surface area (Å²) in [6.45, 7) is 0. The third kappa shape index (κ3) is 3.67. The number of halogens is 2. The van der Waals surface area contributed by atoms with Gasteiger partial charge in [-0.25, -0.2) is 4.79 Å². The average molecular weight is 440 g/mol. The van der Waals surface area contributed by atoms with Crippen molar-refractivity contribution in [3.63, 3.8) is 0 Å². The number of ether oxygens (including phenoxy) is 1. The Hall–Kier alpha value is -3.22. The highest BCUT2D eigenvalue weighted by Gasteiger charge is 2.19. The highest BCUT2D eigenvalue weighted by atomic mass is 35.5. The lowest BCUT2D eigenvalue weighted by Crippen LogP contribution is -2.04. The summed E-state index contributed by atoms with van der Waals surface area (Å²) in [4.78, 5) is 15.7. The number of benzene rings is 2. The van der Waals surface area contributed by atoms with E-state index in [2.05, 4.69) is 15.2 Å². The summed E-state index contributed by atoms with van der Waals surface area (Å²) >= 11 is 12.6. The molecule has 0 fully saturated rings. The minimum Gasteiger partial charge on any atom is -0.497 e. The van der Waals surface area contributed by atoms with Crippen LogP contribution in [0.25, 0.3) is 22.0 Å². The Balaban J connectivity index is 1.95. The molecule has 0 aliphatic rings. The molecular weight excluding hydrogens is 425 g/mol. The molecule has 4 aromatic rings. The second-order valence-corrected chi connectivity index (χ2v) is 7.33. The zero-order valence-corrected chi connectivity index (χ0v) is 17.3. The Kier molecular flexibility index (Phi) is 5.53. The van der Waals surface area contributed by atoms with Crippen molar-refractivity contribution in [2.24, 2.45) is 0 Å². The van der Waals surface area contributed by atoms with Gasteiger partial charge < -0.3 is 9.84 Å². The average Bonchev–Trinajstić information content (AvgIpc) is 2.76. The van der Waals surface area contributed by atoms with E-state index in [1.807, 2.05) is 18.2 Å². The van der Waals surface area contributed by atoms with Crippen LogP contribution in [0.3, 0.4) is 0 Å². The number of hydrogen-bond acceptors (Lipinski definition) is 5. The van der Waals surface area contributed by atoms with E-state index in [9.17, 15) is 9.90 Å². The van der Waals surface area contributed by atoms with E-state index in [1.54, 1.807) is 25.3 Å². The van der Waals surface area contributed by atoms with E-state index in [-0.39, 0.29) is 5.56 Å².